The molecule has 4 aromatic rings. The zero-order chi connectivity index (χ0) is 22.6. The fraction of sp³-hybridized carbons (Fsp3) is 0.304. The number of carbonyl (C=O) groups excluding carboxylic acids is 1. The van der Waals surface area contributed by atoms with Crippen LogP contribution in [0.1, 0.15) is 36.7 Å². The van der Waals surface area contributed by atoms with Crippen molar-refractivity contribution in [3.05, 3.63) is 72.1 Å². The number of hydrogen-bond acceptors (Lipinski definition) is 6. The number of carbonyl (C=O) groups is 1. The van der Waals surface area contributed by atoms with E-state index in [0.29, 0.717) is 17.8 Å². The molecule has 1 aliphatic heterocycles. The molecule has 0 bridgehead atoms. The largest absolute Gasteiger partial charge is 0.322 e. The van der Waals surface area contributed by atoms with Crippen LogP contribution in [0.2, 0.25) is 0 Å². The number of anilines is 1. The predicted octanol–water partition coefficient (Wildman–Crippen LogP) is 3.22. The smallest absolute Gasteiger partial charge is 0.249 e. The Bertz CT molecular complexity index is 1240. The standard InChI is InChI=1S/C23H23FN8O/c24-18-11-10-17(22-28-27-21-9-5-2-6-12-31(21)22)14-19(18)26-23(33)20(32-15-25-29-30-32)13-16-7-3-1-4-8-16/h1,3-4,7-8,10-11,14-15,20H,2,5-6,9,12-13H2,(H,26,33). The van der Waals surface area contributed by atoms with Gasteiger partial charge in [-0.25, -0.2) is 9.07 Å². The van der Waals surface area contributed by atoms with Gasteiger partial charge < -0.3 is 9.88 Å². The lowest BCUT2D eigenvalue weighted by Gasteiger charge is -2.17. The van der Waals surface area contributed by atoms with Crippen LogP contribution >= 0.6 is 0 Å². The van der Waals surface area contributed by atoms with Gasteiger partial charge in [-0.1, -0.05) is 36.8 Å². The van der Waals surface area contributed by atoms with Gasteiger partial charge in [-0.15, -0.1) is 15.3 Å². The summed E-state index contributed by atoms with van der Waals surface area (Å²) in [5, 5.41) is 22.6. The average molecular weight is 446 g/mol. The summed E-state index contributed by atoms with van der Waals surface area (Å²) in [6, 6.07) is 13.4. The lowest BCUT2D eigenvalue weighted by molar-refractivity contribution is -0.119. The topological polar surface area (TPSA) is 103 Å². The van der Waals surface area contributed by atoms with Crippen LogP contribution in [0.5, 0.6) is 0 Å². The number of aromatic nitrogens is 7. The van der Waals surface area contributed by atoms with Gasteiger partial charge in [-0.05, 0) is 47.0 Å². The van der Waals surface area contributed by atoms with Crippen LogP contribution < -0.4 is 5.32 Å². The minimum atomic E-state index is -0.741. The van der Waals surface area contributed by atoms with Gasteiger partial charge in [0.1, 0.15) is 24.0 Å². The molecule has 1 unspecified atom stereocenters. The molecule has 1 aliphatic rings. The summed E-state index contributed by atoms with van der Waals surface area (Å²) in [6.45, 7) is 0.829. The molecule has 0 fully saturated rings. The van der Waals surface area contributed by atoms with Crippen LogP contribution in [0.4, 0.5) is 10.1 Å². The number of fused-ring (bicyclic) bond motifs is 1. The highest BCUT2D eigenvalue weighted by molar-refractivity contribution is 5.94. The molecule has 5 rings (SSSR count). The molecule has 0 radical (unpaired) electrons. The minimum absolute atomic E-state index is 0.0783. The summed E-state index contributed by atoms with van der Waals surface area (Å²) in [7, 11) is 0. The number of amides is 1. The Kier molecular flexibility index (Phi) is 5.88. The summed E-state index contributed by atoms with van der Waals surface area (Å²) in [5.74, 6) is 0.683. The van der Waals surface area contributed by atoms with Crippen molar-refractivity contribution in [1.29, 1.82) is 0 Å². The van der Waals surface area contributed by atoms with E-state index in [2.05, 4.69) is 35.6 Å². The van der Waals surface area contributed by atoms with Crippen LogP contribution in [0.25, 0.3) is 11.4 Å². The molecule has 2 aromatic heterocycles. The monoisotopic (exact) mass is 446 g/mol. The van der Waals surface area contributed by atoms with Crippen molar-refractivity contribution in [3.63, 3.8) is 0 Å². The number of aryl methyl sites for hydroxylation is 1. The maximum Gasteiger partial charge on any atom is 0.249 e. The number of hydrogen-bond donors (Lipinski definition) is 1. The van der Waals surface area contributed by atoms with Crippen LogP contribution in [-0.4, -0.2) is 40.9 Å². The van der Waals surface area contributed by atoms with Gasteiger partial charge in [0.15, 0.2) is 5.82 Å². The van der Waals surface area contributed by atoms with Gasteiger partial charge in [-0.2, -0.15) is 0 Å². The number of nitrogens with one attached hydrogen (secondary N) is 1. The molecule has 0 spiro atoms. The molecule has 33 heavy (non-hydrogen) atoms. The van der Waals surface area contributed by atoms with Gasteiger partial charge >= 0.3 is 0 Å². The van der Waals surface area contributed by atoms with E-state index < -0.39 is 17.8 Å². The molecule has 9 nitrogen and oxygen atoms in total. The number of benzene rings is 2. The SMILES string of the molecule is O=C(Nc1cc(-c2nnc3n2CCCCC3)ccc1F)C(Cc1ccccc1)n1cnnn1. The van der Waals surface area contributed by atoms with Crippen molar-refractivity contribution in [2.24, 2.45) is 0 Å². The number of halogens is 1. The zero-order valence-electron chi connectivity index (χ0n) is 17.9. The molecule has 0 saturated heterocycles. The Labute approximate surface area is 189 Å². The molecule has 168 valence electrons. The summed E-state index contributed by atoms with van der Waals surface area (Å²) in [5.41, 5.74) is 1.72. The first kappa shape index (κ1) is 20.9. The Balaban J connectivity index is 1.42. The van der Waals surface area contributed by atoms with E-state index in [1.54, 1.807) is 12.1 Å². The molecule has 10 heteroatoms. The summed E-state index contributed by atoms with van der Waals surface area (Å²) in [6.07, 6.45) is 5.90. The van der Waals surface area contributed by atoms with Crippen LogP contribution in [-0.2, 0) is 24.2 Å². The molecule has 2 aromatic carbocycles. The molecule has 0 saturated carbocycles. The van der Waals surface area contributed by atoms with Gasteiger partial charge in [-0.3, -0.25) is 4.79 Å². The second kappa shape index (κ2) is 9.27. The van der Waals surface area contributed by atoms with Crippen molar-refractivity contribution < 1.29 is 9.18 Å². The highest BCUT2D eigenvalue weighted by Crippen LogP contribution is 2.27. The van der Waals surface area contributed by atoms with Crippen molar-refractivity contribution in [2.45, 2.75) is 44.7 Å². The van der Waals surface area contributed by atoms with Gasteiger partial charge in [0.25, 0.3) is 0 Å². The summed E-state index contributed by atoms with van der Waals surface area (Å²) >= 11 is 0. The van der Waals surface area contributed by atoms with Gasteiger partial charge in [0, 0.05) is 24.9 Å². The molecule has 1 amide bonds. The average Bonchev–Trinajstić information content (AvgIpc) is 3.45. The van der Waals surface area contributed by atoms with Crippen molar-refractivity contribution >= 4 is 11.6 Å². The van der Waals surface area contributed by atoms with Crippen molar-refractivity contribution in [3.8, 4) is 11.4 Å². The first-order valence-electron chi connectivity index (χ1n) is 11.0. The molecule has 1 atom stereocenters. The fourth-order valence-electron chi connectivity index (χ4n) is 4.13. The van der Waals surface area contributed by atoms with E-state index in [9.17, 15) is 9.18 Å². The first-order valence-corrected chi connectivity index (χ1v) is 11.0. The fourth-order valence-corrected chi connectivity index (χ4v) is 4.13. The zero-order valence-corrected chi connectivity index (χ0v) is 17.9. The third-order valence-electron chi connectivity index (χ3n) is 5.85. The molecule has 3 heterocycles. The van der Waals surface area contributed by atoms with E-state index in [4.69, 9.17) is 0 Å². The van der Waals surface area contributed by atoms with Crippen LogP contribution in [0.15, 0.2) is 54.9 Å². The maximum absolute atomic E-state index is 14.7. The Morgan fingerprint density at radius 2 is 1.97 bits per heavy atom. The Morgan fingerprint density at radius 1 is 1.09 bits per heavy atom. The Morgan fingerprint density at radius 3 is 2.79 bits per heavy atom. The lowest BCUT2D eigenvalue weighted by atomic mass is 10.1. The maximum atomic E-state index is 14.7. The Hall–Kier alpha value is -3.95. The number of nitrogens with zero attached hydrogens (tertiary/aromatic N) is 7. The van der Waals surface area contributed by atoms with Crippen molar-refractivity contribution in [2.75, 3.05) is 5.32 Å². The van der Waals surface area contributed by atoms with Gasteiger partial charge in [0.05, 0.1) is 5.69 Å². The quantitative estimate of drug-likeness (QED) is 0.488. The van der Waals surface area contributed by atoms with Crippen LogP contribution in [0, 0.1) is 5.82 Å². The molecular weight excluding hydrogens is 423 g/mol. The molecule has 0 aliphatic carbocycles. The first-order chi connectivity index (χ1) is 16.2. The lowest BCUT2D eigenvalue weighted by Crippen LogP contribution is -2.28. The third kappa shape index (κ3) is 4.50. The summed E-state index contributed by atoms with van der Waals surface area (Å²) in [4.78, 5) is 13.2. The minimum Gasteiger partial charge on any atom is -0.322 e. The second-order valence-corrected chi connectivity index (χ2v) is 8.08. The third-order valence-corrected chi connectivity index (χ3v) is 5.85. The second-order valence-electron chi connectivity index (χ2n) is 8.08. The molecule has 1 N–H and O–H groups in total. The van der Waals surface area contributed by atoms with E-state index in [0.717, 1.165) is 43.6 Å². The number of tetrazole rings is 1. The van der Waals surface area contributed by atoms with E-state index in [1.165, 1.54) is 17.1 Å². The summed E-state index contributed by atoms with van der Waals surface area (Å²) < 4.78 is 18.2. The van der Waals surface area contributed by atoms with E-state index >= 15 is 0 Å². The highest BCUT2D eigenvalue weighted by atomic mass is 19.1. The number of rotatable bonds is 6. The predicted molar refractivity (Wildman–Crippen MR) is 119 cm³/mol. The normalized spacial score (nSPS) is 14.3. The van der Waals surface area contributed by atoms with Crippen molar-refractivity contribution in [1.82, 2.24) is 35.0 Å². The van der Waals surface area contributed by atoms with E-state index in [-0.39, 0.29) is 5.69 Å². The van der Waals surface area contributed by atoms with Gasteiger partial charge in [0.2, 0.25) is 5.91 Å². The van der Waals surface area contributed by atoms with Crippen LogP contribution in [0.3, 0.4) is 0 Å². The molecular formula is C23H23FN8O. The highest BCUT2D eigenvalue weighted by Gasteiger charge is 2.24. The van der Waals surface area contributed by atoms with E-state index in [1.807, 2.05) is 30.3 Å².